The summed E-state index contributed by atoms with van der Waals surface area (Å²) in [6, 6.07) is 15.7. The van der Waals surface area contributed by atoms with Gasteiger partial charge in [0.15, 0.2) is 0 Å². The Labute approximate surface area is 168 Å². The molecule has 2 aromatic carbocycles. The van der Waals surface area contributed by atoms with E-state index in [-0.39, 0.29) is 18.2 Å². The second-order valence-corrected chi connectivity index (χ2v) is 6.67. The van der Waals surface area contributed by atoms with Crippen LogP contribution in [0.1, 0.15) is 39.7 Å². The minimum absolute atomic E-state index is 0.0719. The Morgan fingerprint density at radius 1 is 0.893 bits per heavy atom. The van der Waals surface area contributed by atoms with Gasteiger partial charge in [-0.2, -0.15) is 0 Å². The minimum atomic E-state index is -0.0908. The van der Waals surface area contributed by atoms with Crippen LogP contribution in [-0.2, 0) is 16.0 Å². The van der Waals surface area contributed by atoms with Gasteiger partial charge in [-0.3, -0.25) is 9.59 Å². The van der Waals surface area contributed by atoms with E-state index in [0.717, 1.165) is 42.1 Å². The summed E-state index contributed by atoms with van der Waals surface area (Å²) in [6.45, 7) is 10.0. The highest BCUT2D eigenvalue weighted by Gasteiger charge is 2.14. The third-order valence-electron chi connectivity index (χ3n) is 4.90. The van der Waals surface area contributed by atoms with E-state index in [1.54, 1.807) is 4.90 Å². The predicted octanol–water partition coefficient (Wildman–Crippen LogP) is 4.48. The molecule has 2 amide bonds. The molecule has 0 radical (unpaired) electrons. The molecule has 0 aromatic heterocycles. The van der Waals surface area contributed by atoms with Crippen molar-refractivity contribution >= 4 is 28.9 Å². The van der Waals surface area contributed by atoms with Crippen molar-refractivity contribution in [3.8, 4) is 0 Å². The van der Waals surface area contributed by atoms with Crippen LogP contribution in [0.5, 0.6) is 0 Å². The zero-order valence-electron chi connectivity index (χ0n) is 17.4. The number of benzene rings is 2. The number of hydrogen-bond acceptors (Lipinski definition) is 3. The molecule has 5 nitrogen and oxygen atoms in total. The maximum absolute atomic E-state index is 12.4. The van der Waals surface area contributed by atoms with Crippen molar-refractivity contribution < 1.29 is 9.59 Å². The Morgan fingerprint density at radius 3 is 2.07 bits per heavy atom. The van der Waals surface area contributed by atoms with Gasteiger partial charge in [-0.1, -0.05) is 25.1 Å². The summed E-state index contributed by atoms with van der Waals surface area (Å²) in [5.74, 6) is -0.163. The first-order valence-electron chi connectivity index (χ1n) is 10.0. The molecule has 0 fully saturated rings. The smallest absolute Gasteiger partial charge is 0.226 e. The highest BCUT2D eigenvalue weighted by atomic mass is 16.2. The molecule has 150 valence electrons. The SMILES string of the molecule is CCc1ccccc1NC(=O)CCN(C(C)=O)c1ccc(N(CC)CC)cc1. The highest BCUT2D eigenvalue weighted by molar-refractivity contribution is 5.95. The lowest BCUT2D eigenvalue weighted by Crippen LogP contribution is -2.32. The van der Waals surface area contributed by atoms with Gasteiger partial charge >= 0.3 is 0 Å². The molecular weight excluding hydrogens is 350 g/mol. The van der Waals surface area contributed by atoms with Crippen LogP contribution < -0.4 is 15.1 Å². The molecule has 0 atom stereocenters. The van der Waals surface area contributed by atoms with Crippen LogP contribution in [0.2, 0.25) is 0 Å². The van der Waals surface area contributed by atoms with E-state index < -0.39 is 0 Å². The van der Waals surface area contributed by atoms with Gasteiger partial charge in [0.2, 0.25) is 11.8 Å². The van der Waals surface area contributed by atoms with Crippen molar-refractivity contribution in [2.24, 2.45) is 0 Å². The Kier molecular flexibility index (Phi) is 8.05. The fourth-order valence-corrected chi connectivity index (χ4v) is 3.28. The number of rotatable bonds is 9. The third kappa shape index (κ3) is 5.59. The van der Waals surface area contributed by atoms with Gasteiger partial charge in [0.05, 0.1) is 0 Å². The number of nitrogens with zero attached hydrogens (tertiary/aromatic N) is 2. The predicted molar refractivity (Wildman–Crippen MR) is 117 cm³/mol. The molecular formula is C23H31N3O2. The van der Waals surface area contributed by atoms with Crippen LogP contribution in [0.4, 0.5) is 17.1 Å². The second kappa shape index (κ2) is 10.5. The molecule has 0 bridgehead atoms. The number of nitrogens with one attached hydrogen (secondary N) is 1. The first-order chi connectivity index (χ1) is 13.5. The van der Waals surface area contributed by atoms with Crippen molar-refractivity contribution in [3.63, 3.8) is 0 Å². The van der Waals surface area contributed by atoms with E-state index in [4.69, 9.17) is 0 Å². The summed E-state index contributed by atoms with van der Waals surface area (Å²) in [5, 5.41) is 2.96. The molecule has 0 heterocycles. The largest absolute Gasteiger partial charge is 0.372 e. The average molecular weight is 382 g/mol. The molecule has 0 unspecified atom stereocenters. The topological polar surface area (TPSA) is 52.7 Å². The number of amides is 2. The number of carbonyl (C=O) groups excluding carboxylic acids is 2. The standard InChI is InChI=1S/C23H31N3O2/c1-5-19-10-8-9-11-22(19)24-23(28)16-17-26(18(4)27)21-14-12-20(13-15-21)25(6-2)7-3/h8-15H,5-7,16-17H2,1-4H3,(H,24,28). The number of aryl methyl sites for hydroxylation is 1. The monoisotopic (exact) mass is 381 g/mol. The van der Waals surface area contributed by atoms with Crippen molar-refractivity contribution in [2.75, 3.05) is 34.8 Å². The minimum Gasteiger partial charge on any atom is -0.372 e. The van der Waals surface area contributed by atoms with Gasteiger partial charge in [-0.05, 0) is 56.2 Å². The van der Waals surface area contributed by atoms with Gasteiger partial charge in [-0.15, -0.1) is 0 Å². The molecule has 0 aliphatic rings. The molecule has 2 aromatic rings. The van der Waals surface area contributed by atoms with Crippen molar-refractivity contribution in [2.45, 2.75) is 40.5 Å². The quantitative estimate of drug-likeness (QED) is 0.697. The van der Waals surface area contributed by atoms with Crippen molar-refractivity contribution in [1.82, 2.24) is 0 Å². The fourth-order valence-electron chi connectivity index (χ4n) is 3.28. The number of anilines is 3. The van der Waals surface area contributed by atoms with E-state index in [0.29, 0.717) is 6.54 Å². The summed E-state index contributed by atoms with van der Waals surface area (Å²) in [4.78, 5) is 28.4. The van der Waals surface area contributed by atoms with Gasteiger partial charge in [0, 0.05) is 50.0 Å². The summed E-state index contributed by atoms with van der Waals surface area (Å²) >= 11 is 0. The zero-order valence-corrected chi connectivity index (χ0v) is 17.4. The molecule has 0 spiro atoms. The second-order valence-electron chi connectivity index (χ2n) is 6.67. The molecule has 28 heavy (non-hydrogen) atoms. The fraction of sp³-hybridized carbons (Fsp3) is 0.391. The summed E-state index contributed by atoms with van der Waals surface area (Å²) < 4.78 is 0. The van der Waals surface area contributed by atoms with Crippen molar-refractivity contribution in [3.05, 3.63) is 54.1 Å². The lowest BCUT2D eigenvalue weighted by atomic mass is 10.1. The van der Waals surface area contributed by atoms with Gasteiger partial charge < -0.3 is 15.1 Å². The Bertz CT molecular complexity index is 783. The Hall–Kier alpha value is -2.82. The van der Waals surface area contributed by atoms with Crippen LogP contribution >= 0.6 is 0 Å². The maximum Gasteiger partial charge on any atom is 0.226 e. The first-order valence-corrected chi connectivity index (χ1v) is 10.0. The van der Waals surface area contributed by atoms with Crippen LogP contribution in [0.25, 0.3) is 0 Å². The lowest BCUT2D eigenvalue weighted by Gasteiger charge is -2.24. The number of hydrogen-bond donors (Lipinski definition) is 1. The number of para-hydroxylation sites is 1. The first kappa shape index (κ1) is 21.5. The third-order valence-corrected chi connectivity index (χ3v) is 4.90. The number of carbonyl (C=O) groups is 2. The molecule has 0 aliphatic heterocycles. The summed E-state index contributed by atoms with van der Waals surface area (Å²) in [5.41, 5.74) is 3.88. The molecule has 1 N–H and O–H groups in total. The van der Waals surface area contributed by atoms with Gasteiger partial charge in [0.25, 0.3) is 0 Å². The van der Waals surface area contributed by atoms with Crippen LogP contribution in [0.3, 0.4) is 0 Å². The Morgan fingerprint density at radius 2 is 1.50 bits per heavy atom. The molecule has 2 rings (SSSR count). The van der Waals surface area contributed by atoms with E-state index in [9.17, 15) is 9.59 Å². The van der Waals surface area contributed by atoms with E-state index in [1.165, 1.54) is 6.92 Å². The summed E-state index contributed by atoms with van der Waals surface area (Å²) in [7, 11) is 0. The molecule has 5 heteroatoms. The average Bonchev–Trinajstić information content (AvgIpc) is 2.70. The van der Waals surface area contributed by atoms with Crippen LogP contribution in [0, 0.1) is 0 Å². The molecule has 0 saturated carbocycles. The van der Waals surface area contributed by atoms with E-state index in [1.807, 2.05) is 48.5 Å². The van der Waals surface area contributed by atoms with Crippen molar-refractivity contribution in [1.29, 1.82) is 0 Å². The lowest BCUT2D eigenvalue weighted by molar-refractivity contribution is -0.117. The Balaban J connectivity index is 2.03. The van der Waals surface area contributed by atoms with Gasteiger partial charge in [0.1, 0.15) is 0 Å². The van der Waals surface area contributed by atoms with Crippen LogP contribution in [-0.4, -0.2) is 31.4 Å². The highest BCUT2D eigenvalue weighted by Crippen LogP contribution is 2.22. The maximum atomic E-state index is 12.4. The molecule has 0 saturated heterocycles. The summed E-state index contributed by atoms with van der Waals surface area (Å²) in [6.07, 6.45) is 1.10. The molecule has 0 aliphatic carbocycles. The van der Waals surface area contributed by atoms with E-state index in [2.05, 4.69) is 31.0 Å². The normalized spacial score (nSPS) is 10.4. The van der Waals surface area contributed by atoms with Gasteiger partial charge in [-0.25, -0.2) is 0 Å². The van der Waals surface area contributed by atoms with E-state index >= 15 is 0 Å². The van der Waals surface area contributed by atoms with Crippen LogP contribution in [0.15, 0.2) is 48.5 Å². The zero-order chi connectivity index (χ0) is 20.5.